The van der Waals surface area contributed by atoms with Crippen LogP contribution in [-0.4, -0.2) is 30.9 Å². The Kier molecular flexibility index (Phi) is 5.20. The Morgan fingerprint density at radius 3 is 3.17 bits per heavy atom. The van der Waals surface area contributed by atoms with Crippen LogP contribution in [0.2, 0.25) is 0 Å². The zero-order valence-corrected chi connectivity index (χ0v) is 11.8. The molecule has 100 valence electrons. The van der Waals surface area contributed by atoms with E-state index >= 15 is 0 Å². The molecule has 1 aliphatic rings. The molecule has 4 heteroatoms. The van der Waals surface area contributed by atoms with Crippen LogP contribution in [0, 0.1) is 5.92 Å². The highest BCUT2D eigenvalue weighted by molar-refractivity contribution is 7.07. The highest BCUT2D eigenvalue weighted by Crippen LogP contribution is 2.17. The van der Waals surface area contributed by atoms with E-state index in [2.05, 4.69) is 22.1 Å². The minimum atomic E-state index is 0.270. The molecule has 0 radical (unpaired) electrons. The topological polar surface area (TPSA) is 32.3 Å². The molecule has 0 aliphatic carbocycles. The maximum atomic E-state index is 12.0. The van der Waals surface area contributed by atoms with Crippen molar-refractivity contribution >= 4 is 17.2 Å². The molecule has 1 saturated heterocycles. The van der Waals surface area contributed by atoms with Gasteiger partial charge in [0.25, 0.3) is 0 Å². The molecule has 2 heterocycles. The van der Waals surface area contributed by atoms with E-state index in [9.17, 15) is 4.79 Å². The average Bonchev–Trinajstić information content (AvgIpc) is 2.90. The van der Waals surface area contributed by atoms with Crippen LogP contribution in [-0.2, 0) is 11.3 Å². The molecule has 1 N–H and O–H groups in total. The van der Waals surface area contributed by atoms with Crippen LogP contribution < -0.4 is 5.32 Å². The minimum absolute atomic E-state index is 0.270. The molecule has 1 aromatic rings. The van der Waals surface area contributed by atoms with Gasteiger partial charge in [0.05, 0.1) is 0 Å². The summed E-state index contributed by atoms with van der Waals surface area (Å²) in [5, 5.41) is 7.56. The Hall–Kier alpha value is -0.870. The smallest absolute Gasteiger partial charge is 0.222 e. The van der Waals surface area contributed by atoms with Gasteiger partial charge >= 0.3 is 0 Å². The van der Waals surface area contributed by atoms with Gasteiger partial charge in [0.2, 0.25) is 5.91 Å². The van der Waals surface area contributed by atoms with Crippen molar-refractivity contribution in [2.24, 2.45) is 5.92 Å². The molecular formula is C14H22N2OS. The third-order valence-corrected chi connectivity index (χ3v) is 4.32. The van der Waals surface area contributed by atoms with E-state index in [1.165, 1.54) is 18.4 Å². The average molecular weight is 266 g/mol. The standard InChI is InChI=1S/C14H22N2OS/c1-16(10-13-6-8-18-11-13)14(17)5-4-12-3-2-7-15-9-12/h6,8,11-12,15H,2-5,7,9-10H2,1H3. The zero-order valence-electron chi connectivity index (χ0n) is 11.0. The van der Waals surface area contributed by atoms with Crippen molar-refractivity contribution in [1.82, 2.24) is 10.2 Å². The van der Waals surface area contributed by atoms with E-state index in [4.69, 9.17) is 0 Å². The number of rotatable bonds is 5. The summed E-state index contributed by atoms with van der Waals surface area (Å²) in [4.78, 5) is 13.9. The molecule has 1 aromatic heterocycles. The maximum absolute atomic E-state index is 12.0. The van der Waals surface area contributed by atoms with Gasteiger partial charge in [-0.3, -0.25) is 4.79 Å². The zero-order chi connectivity index (χ0) is 12.8. The first-order chi connectivity index (χ1) is 8.75. The van der Waals surface area contributed by atoms with Crippen molar-refractivity contribution in [3.05, 3.63) is 22.4 Å². The highest BCUT2D eigenvalue weighted by atomic mass is 32.1. The molecule has 0 saturated carbocycles. The van der Waals surface area contributed by atoms with Crippen molar-refractivity contribution in [2.45, 2.75) is 32.2 Å². The number of thiophene rings is 1. The molecule has 3 nitrogen and oxygen atoms in total. The van der Waals surface area contributed by atoms with Gasteiger partial charge in [-0.25, -0.2) is 0 Å². The summed E-state index contributed by atoms with van der Waals surface area (Å²) in [6, 6.07) is 2.08. The molecule has 0 bridgehead atoms. The fourth-order valence-electron chi connectivity index (χ4n) is 2.43. The fraction of sp³-hybridized carbons (Fsp3) is 0.643. The molecule has 0 aromatic carbocycles. The van der Waals surface area contributed by atoms with Crippen molar-refractivity contribution < 1.29 is 4.79 Å². The van der Waals surface area contributed by atoms with Gasteiger partial charge in [-0.1, -0.05) is 0 Å². The maximum Gasteiger partial charge on any atom is 0.222 e. The monoisotopic (exact) mass is 266 g/mol. The number of carbonyl (C=O) groups excluding carboxylic acids is 1. The van der Waals surface area contributed by atoms with Gasteiger partial charge in [0.1, 0.15) is 0 Å². The van der Waals surface area contributed by atoms with E-state index < -0.39 is 0 Å². The molecule has 0 spiro atoms. The Labute approximate surface area is 113 Å². The van der Waals surface area contributed by atoms with Crippen LogP contribution in [0.3, 0.4) is 0 Å². The van der Waals surface area contributed by atoms with Gasteiger partial charge in [-0.05, 0) is 60.7 Å². The van der Waals surface area contributed by atoms with E-state index in [-0.39, 0.29) is 5.91 Å². The first-order valence-electron chi connectivity index (χ1n) is 6.71. The van der Waals surface area contributed by atoms with Crippen LogP contribution in [0.25, 0.3) is 0 Å². The van der Waals surface area contributed by atoms with Crippen LogP contribution in [0.4, 0.5) is 0 Å². The number of nitrogens with one attached hydrogen (secondary N) is 1. The van der Waals surface area contributed by atoms with Crippen LogP contribution in [0.1, 0.15) is 31.2 Å². The number of hydrogen-bond acceptors (Lipinski definition) is 3. The summed E-state index contributed by atoms with van der Waals surface area (Å²) in [6.45, 7) is 2.97. The molecule has 2 rings (SSSR count). The Balaban J connectivity index is 1.70. The highest BCUT2D eigenvalue weighted by Gasteiger charge is 2.16. The van der Waals surface area contributed by atoms with Crippen LogP contribution in [0.5, 0.6) is 0 Å². The second kappa shape index (κ2) is 6.90. The lowest BCUT2D eigenvalue weighted by Gasteiger charge is -2.23. The summed E-state index contributed by atoms with van der Waals surface area (Å²) in [7, 11) is 1.90. The van der Waals surface area contributed by atoms with Crippen LogP contribution in [0.15, 0.2) is 16.8 Å². The lowest BCUT2D eigenvalue weighted by molar-refractivity contribution is -0.130. The van der Waals surface area contributed by atoms with Gasteiger partial charge < -0.3 is 10.2 Å². The molecule has 1 atom stereocenters. The minimum Gasteiger partial charge on any atom is -0.341 e. The molecule has 1 fully saturated rings. The van der Waals surface area contributed by atoms with Crippen molar-refractivity contribution in [3.8, 4) is 0 Å². The summed E-state index contributed by atoms with van der Waals surface area (Å²) in [5.41, 5.74) is 1.23. The Bertz CT molecular complexity index is 358. The quantitative estimate of drug-likeness (QED) is 0.888. The largest absolute Gasteiger partial charge is 0.341 e. The normalized spacial score (nSPS) is 19.7. The number of hydrogen-bond donors (Lipinski definition) is 1. The summed E-state index contributed by atoms with van der Waals surface area (Å²) >= 11 is 1.68. The third-order valence-electron chi connectivity index (χ3n) is 3.59. The number of piperidine rings is 1. The lowest BCUT2D eigenvalue weighted by Crippen LogP contribution is -2.31. The van der Waals surface area contributed by atoms with E-state index in [1.807, 2.05) is 11.9 Å². The van der Waals surface area contributed by atoms with Crippen molar-refractivity contribution in [3.63, 3.8) is 0 Å². The second-order valence-electron chi connectivity index (χ2n) is 5.13. The number of amides is 1. The van der Waals surface area contributed by atoms with Crippen molar-refractivity contribution in [2.75, 3.05) is 20.1 Å². The first-order valence-corrected chi connectivity index (χ1v) is 7.66. The fourth-order valence-corrected chi connectivity index (χ4v) is 3.09. The number of nitrogens with zero attached hydrogens (tertiary/aromatic N) is 1. The molecular weight excluding hydrogens is 244 g/mol. The molecule has 1 aliphatic heterocycles. The van der Waals surface area contributed by atoms with Gasteiger partial charge in [-0.15, -0.1) is 0 Å². The van der Waals surface area contributed by atoms with Gasteiger partial charge in [0.15, 0.2) is 0 Å². The van der Waals surface area contributed by atoms with E-state index in [0.717, 1.165) is 26.1 Å². The Morgan fingerprint density at radius 2 is 2.50 bits per heavy atom. The molecule has 1 amide bonds. The summed E-state index contributed by atoms with van der Waals surface area (Å²) in [5.74, 6) is 0.962. The SMILES string of the molecule is CN(Cc1ccsc1)C(=O)CCC1CCCNC1. The summed E-state index contributed by atoms with van der Waals surface area (Å²) in [6.07, 6.45) is 4.24. The predicted octanol–water partition coefficient (Wildman–Crippen LogP) is 2.49. The Morgan fingerprint density at radius 1 is 1.61 bits per heavy atom. The van der Waals surface area contributed by atoms with Crippen LogP contribution >= 0.6 is 11.3 Å². The van der Waals surface area contributed by atoms with E-state index in [0.29, 0.717) is 12.3 Å². The number of carbonyl (C=O) groups is 1. The summed E-state index contributed by atoms with van der Waals surface area (Å²) < 4.78 is 0. The predicted molar refractivity (Wildman–Crippen MR) is 75.6 cm³/mol. The molecule has 18 heavy (non-hydrogen) atoms. The second-order valence-corrected chi connectivity index (χ2v) is 5.91. The van der Waals surface area contributed by atoms with E-state index in [1.54, 1.807) is 11.3 Å². The lowest BCUT2D eigenvalue weighted by atomic mass is 9.94. The third kappa shape index (κ3) is 4.10. The van der Waals surface area contributed by atoms with Gasteiger partial charge in [-0.2, -0.15) is 11.3 Å². The van der Waals surface area contributed by atoms with Gasteiger partial charge in [0, 0.05) is 20.0 Å². The molecule has 1 unspecified atom stereocenters. The van der Waals surface area contributed by atoms with Crippen molar-refractivity contribution in [1.29, 1.82) is 0 Å². The first kappa shape index (κ1) is 13.6.